The van der Waals surface area contributed by atoms with E-state index in [2.05, 4.69) is 15.2 Å². The molecule has 0 saturated carbocycles. The number of aromatic nitrogens is 3. The summed E-state index contributed by atoms with van der Waals surface area (Å²) in [6.07, 6.45) is -0.344. The Morgan fingerprint density at radius 1 is 1.41 bits per heavy atom. The largest absolute Gasteiger partial charge is 0.311 e. The number of aromatic amines is 1. The molecule has 1 aromatic heterocycles. The van der Waals surface area contributed by atoms with E-state index in [9.17, 15) is 17.1 Å². The molecule has 1 atom stereocenters. The minimum Gasteiger partial charge on any atom is -0.311 e. The van der Waals surface area contributed by atoms with Crippen LogP contribution in [0.1, 0.15) is 12.2 Å². The lowest BCUT2D eigenvalue weighted by Gasteiger charge is -2.16. The highest BCUT2D eigenvalue weighted by Crippen LogP contribution is 2.28. The van der Waals surface area contributed by atoms with Gasteiger partial charge in [0.15, 0.2) is 5.82 Å². The average molecular weight is 324 g/mol. The second-order valence-electron chi connectivity index (χ2n) is 5.10. The quantitative estimate of drug-likeness (QED) is 0.855. The van der Waals surface area contributed by atoms with Crippen LogP contribution in [0.25, 0.3) is 11.4 Å². The molecule has 0 aliphatic carbocycles. The van der Waals surface area contributed by atoms with Crippen molar-refractivity contribution >= 4 is 21.8 Å². The van der Waals surface area contributed by atoms with E-state index >= 15 is 0 Å². The van der Waals surface area contributed by atoms with Crippen LogP contribution in [0, 0.1) is 6.92 Å². The number of hydrogen-bond acceptors (Lipinski definition) is 5. The van der Waals surface area contributed by atoms with Gasteiger partial charge >= 0.3 is 10.2 Å². The van der Waals surface area contributed by atoms with Crippen molar-refractivity contribution < 1.29 is 17.1 Å². The molecule has 0 bridgehead atoms. The molecule has 22 heavy (non-hydrogen) atoms. The SMILES string of the molecule is Cc1nc(-c2cccc(N3CC(S(=O)(=O)F)CC3=O)c2)n[nH]1. The highest BCUT2D eigenvalue weighted by Gasteiger charge is 2.39. The predicted octanol–water partition coefficient (Wildman–Crippen LogP) is 1.18. The molecule has 0 spiro atoms. The van der Waals surface area contributed by atoms with Crippen LogP contribution in [-0.4, -0.2) is 41.3 Å². The average Bonchev–Trinajstić information content (AvgIpc) is 3.05. The number of H-pyrrole nitrogens is 1. The molecule has 9 heteroatoms. The van der Waals surface area contributed by atoms with Crippen molar-refractivity contribution in [1.29, 1.82) is 0 Å². The number of hydrogen-bond donors (Lipinski definition) is 1. The first kappa shape index (κ1) is 14.6. The van der Waals surface area contributed by atoms with Crippen LogP contribution < -0.4 is 4.90 Å². The zero-order valence-electron chi connectivity index (χ0n) is 11.7. The topological polar surface area (TPSA) is 96.0 Å². The summed E-state index contributed by atoms with van der Waals surface area (Å²) >= 11 is 0. The van der Waals surface area contributed by atoms with Crippen LogP contribution in [-0.2, 0) is 15.0 Å². The van der Waals surface area contributed by atoms with E-state index in [-0.39, 0.29) is 13.0 Å². The van der Waals surface area contributed by atoms with Gasteiger partial charge in [0.25, 0.3) is 0 Å². The first-order valence-corrected chi connectivity index (χ1v) is 8.02. The van der Waals surface area contributed by atoms with Gasteiger partial charge in [0.2, 0.25) is 5.91 Å². The van der Waals surface area contributed by atoms with Crippen LogP contribution in [0.15, 0.2) is 24.3 Å². The molecule has 116 valence electrons. The smallest absolute Gasteiger partial charge is 0.307 e. The van der Waals surface area contributed by atoms with Gasteiger partial charge in [-0.1, -0.05) is 12.1 Å². The molecule has 1 fully saturated rings. The van der Waals surface area contributed by atoms with Crippen molar-refractivity contribution in [3.05, 3.63) is 30.1 Å². The fraction of sp³-hybridized carbons (Fsp3) is 0.308. The van der Waals surface area contributed by atoms with Gasteiger partial charge in [-0.2, -0.15) is 13.5 Å². The molecule has 0 radical (unpaired) electrons. The zero-order chi connectivity index (χ0) is 15.9. The number of rotatable bonds is 3. The molecule has 1 amide bonds. The number of carbonyl (C=O) groups is 1. The third-order valence-corrected chi connectivity index (χ3v) is 4.61. The zero-order valence-corrected chi connectivity index (χ0v) is 12.5. The van der Waals surface area contributed by atoms with Crippen molar-refractivity contribution in [3.63, 3.8) is 0 Å². The summed E-state index contributed by atoms with van der Waals surface area (Å²) in [6, 6.07) is 6.82. The summed E-state index contributed by atoms with van der Waals surface area (Å²) in [5.74, 6) is 0.705. The summed E-state index contributed by atoms with van der Waals surface area (Å²) in [5, 5.41) is 5.44. The van der Waals surface area contributed by atoms with E-state index in [4.69, 9.17) is 0 Å². The maximum absolute atomic E-state index is 13.1. The third-order valence-electron chi connectivity index (χ3n) is 3.50. The van der Waals surface area contributed by atoms with Crippen LogP contribution in [0.4, 0.5) is 9.57 Å². The standard InChI is InChI=1S/C13H13FN4O3S/c1-8-15-13(17-16-8)9-3-2-4-10(5-9)18-7-11(6-12(18)19)22(14,20)21/h2-5,11H,6-7H2,1H3,(H,15,16,17). The molecular formula is C13H13FN4O3S. The molecule has 3 rings (SSSR count). The number of carbonyl (C=O) groups excluding carboxylic acids is 1. The molecule has 1 aliphatic rings. The summed E-state index contributed by atoms with van der Waals surface area (Å²) in [6.45, 7) is 1.58. The Hall–Kier alpha value is -2.29. The number of nitrogens with zero attached hydrogens (tertiary/aromatic N) is 3. The van der Waals surface area contributed by atoms with Crippen LogP contribution in [0.5, 0.6) is 0 Å². The second kappa shape index (κ2) is 5.16. The van der Waals surface area contributed by atoms with Crippen molar-refractivity contribution in [2.45, 2.75) is 18.6 Å². The van der Waals surface area contributed by atoms with Gasteiger partial charge < -0.3 is 4.90 Å². The number of aryl methyl sites for hydroxylation is 1. The summed E-state index contributed by atoms with van der Waals surface area (Å²) in [7, 11) is -4.73. The summed E-state index contributed by atoms with van der Waals surface area (Å²) in [5.41, 5.74) is 1.18. The molecule has 1 unspecified atom stereocenters. The normalized spacial score (nSPS) is 18.9. The molecule has 1 N–H and O–H groups in total. The number of halogens is 1. The van der Waals surface area contributed by atoms with Crippen LogP contribution >= 0.6 is 0 Å². The summed E-state index contributed by atoms with van der Waals surface area (Å²) < 4.78 is 35.0. The number of nitrogens with one attached hydrogen (secondary N) is 1. The monoisotopic (exact) mass is 324 g/mol. The van der Waals surface area contributed by atoms with Crippen molar-refractivity contribution in [3.8, 4) is 11.4 Å². The van der Waals surface area contributed by atoms with E-state index in [0.717, 1.165) is 0 Å². The molecule has 1 saturated heterocycles. The number of benzene rings is 1. The number of anilines is 1. The van der Waals surface area contributed by atoms with Crippen molar-refractivity contribution in [2.75, 3.05) is 11.4 Å². The fourth-order valence-corrected chi connectivity index (χ4v) is 3.07. The highest BCUT2D eigenvalue weighted by atomic mass is 32.3. The first-order chi connectivity index (χ1) is 10.3. The molecule has 1 aliphatic heterocycles. The Bertz CT molecular complexity index is 833. The van der Waals surface area contributed by atoms with E-state index in [1.165, 1.54) is 4.90 Å². The minimum atomic E-state index is -4.73. The predicted molar refractivity (Wildman–Crippen MR) is 77.3 cm³/mol. The first-order valence-electron chi connectivity index (χ1n) is 6.58. The Labute approximate surface area is 126 Å². The van der Waals surface area contributed by atoms with Crippen molar-refractivity contribution in [1.82, 2.24) is 15.2 Å². The fourth-order valence-electron chi connectivity index (χ4n) is 2.40. The third kappa shape index (κ3) is 2.71. The molecular weight excluding hydrogens is 311 g/mol. The molecule has 2 heterocycles. The molecule has 1 aromatic carbocycles. The van der Waals surface area contributed by atoms with Gasteiger partial charge in [-0.3, -0.25) is 9.89 Å². The highest BCUT2D eigenvalue weighted by molar-refractivity contribution is 7.87. The lowest BCUT2D eigenvalue weighted by Crippen LogP contribution is -2.26. The van der Waals surface area contributed by atoms with Crippen molar-refractivity contribution in [2.24, 2.45) is 0 Å². The Kier molecular flexibility index (Phi) is 3.44. The van der Waals surface area contributed by atoms with Gasteiger partial charge in [-0.15, -0.1) is 3.89 Å². The van der Waals surface area contributed by atoms with Gasteiger partial charge in [0.1, 0.15) is 11.1 Å². The van der Waals surface area contributed by atoms with E-state index in [1.54, 1.807) is 31.2 Å². The van der Waals surface area contributed by atoms with E-state index in [0.29, 0.717) is 22.9 Å². The maximum Gasteiger partial charge on any atom is 0.307 e. The molecule has 2 aromatic rings. The summed E-state index contributed by atoms with van der Waals surface area (Å²) in [4.78, 5) is 17.4. The Balaban J connectivity index is 1.91. The van der Waals surface area contributed by atoms with Crippen LogP contribution in [0.3, 0.4) is 0 Å². The molecule has 7 nitrogen and oxygen atoms in total. The Morgan fingerprint density at radius 2 is 2.18 bits per heavy atom. The number of amides is 1. The van der Waals surface area contributed by atoms with E-state index in [1.807, 2.05) is 0 Å². The minimum absolute atomic E-state index is 0.186. The van der Waals surface area contributed by atoms with Gasteiger partial charge in [-0.25, -0.2) is 4.98 Å². The lowest BCUT2D eigenvalue weighted by molar-refractivity contribution is -0.117. The van der Waals surface area contributed by atoms with Crippen LogP contribution in [0.2, 0.25) is 0 Å². The van der Waals surface area contributed by atoms with Gasteiger partial charge in [-0.05, 0) is 19.1 Å². The maximum atomic E-state index is 13.1. The van der Waals surface area contributed by atoms with Gasteiger partial charge in [0.05, 0.1) is 0 Å². The second-order valence-corrected chi connectivity index (χ2v) is 6.72. The Morgan fingerprint density at radius 3 is 2.77 bits per heavy atom. The van der Waals surface area contributed by atoms with Gasteiger partial charge in [0, 0.05) is 24.2 Å². The van der Waals surface area contributed by atoms with E-state index < -0.39 is 21.4 Å². The lowest BCUT2D eigenvalue weighted by atomic mass is 10.2.